The summed E-state index contributed by atoms with van der Waals surface area (Å²) in [7, 11) is 0. The van der Waals surface area contributed by atoms with E-state index in [-0.39, 0.29) is 11.7 Å². The highest BCUT2D eigenvalue weighted by molar-refractivity contribution is 5.68. The third kappa shape index (κ3) is 5.89. The van der Waals surface area contributed by atoms with E-state index < -0.39 is 6.79 Å². The fourth-order valence-corrected chi connectivity index (χ4v) is 1.67. The van der Waals surface area contributed by atoms with Crippen LogP contribution in [0.25, 0.3) is 0 Å². The number of aliphatic hydroxyl groups excluding tert-OH is 1. The number of ether oxygens (including phenoxy) is 1. The Morgan fingerprint density at radius 1 is 1.35 bits per heavy atom. The van der Waals surface area contributed by atoms with Gasteiger partial charge < -0.3 is 19.8 Å². The SMILES string of the molecule is CC1CCN(C(=O)OC(C)(C)C)[C@@H]1C.OCO. The number of carbonyl (C=O) groups excluding carboxylic acids is 1. The first-order chi connectivity index (χ1) is 7.72. The van der Waals surface area contributed by atoms with E-state index in [9.17, 15) is 4.79 Å². The van der Waals surface area contributed by atoms with Crippen LogP contribution in [0.4, 0.5) is 4.79 Å². The molecule has 0 spiro atoms. The lowest BCUT2D eigenvalue weighted by molar-refractivity contribution is 0.0225. The number of rotatable bonds is 0. The summed E-state index contributed by atoms with van der Waals surface area (Å²) >= 11 is 0. The molecule has 5 heteroatoms. The normalized spacial score (nSPS) is 24.1. The zero-order chi connectivity index (χ0) is 13.6. The largest absolute Gasteiger partial charge is 0.444 e. The van der Waals surface area contributed by atoms with Gasteiger partial charge in [-0.2, -0.15) is 0 Å². The van der Waals surface area contributed by atoms with Gasteiger partial charge in [-0.3, -0.25) is 0 Å². The number of aliphatic hydroxyl groups is 2. The predicted octanol–water partition coefficient (Wildman–Crippen LogP) is 1.58. The molecular formula is C12H25NO4. The third-order valence-electron chi connectivity index (χ3n) is 2.77. The average Bonchev–Trinajstić information content (AvgIpc) is 2.46. The lowest BCUT2D eigenvalue weighted by atomic mass is 10.1. The van der Waals surface area contributed by atoms with E-state index in [4.69, 9.17) is 14.9 Å². The van der Waals surface area contributed by atoms with Gasteiger partial charge in [-0.05, 0) is 40.0 Å². The highest BCUT2D eigenvalue weighted by atomic mass is 16.6. The number of carbonyl (C=O) groups is 1. The van der Waals surface area contributed by atoms with Gasteiger partial charge in [0.1, 0.15) is 12.4 Å². The van der Waals surface area contributed by atoms with Gasteiger partial charge in [0.05, 0.1) is 0 Å². The minimum Gasteiger partial charge on any atom is -0.444 e. The summed E-state index contributed by atoms with van der Waals surface area (Å²) in [5.74, 6) is 0.586. The van der Waals surface area contributed by atoms with Gasteiger partial charge in [0.15, 0.2) is 0 Å². The number of hydrogen-bond donors (Lipinski definition) is 2. The summed E-state index contributed by atoms with van der Waals surface area (Å²) < 4.78 is 5.33. The molecule has 1 unspecified atom stereocenters. The van der Waals surface area contributed by atoms with Gasteiger partial charge in [-0.15, -0.1) is 0 Å². The van der Waals surface area contributed by atoms with Crippen LogP contribution in [0.1, 0.15) is 41.0 Å². The van der Waals surface area contributed by atoms with Crippen molar-refractivity contribution in [3.05, 3.63) is 0 Å². The van der Waals surface area contributed by atoms with Crippen molar-refractivity contribution in [3.8, 4) is 0 Å². The van der Waals surface area contributed by atoms with Gasteiger partial charge in [-0.1, -0.05) is 6.92 Å². The second-order valence-corrected chi connectivity index (χ2v) is 5.32. The lowest BCUT2D eigenvalue weighted by Gasteiger charge is -2.27. The van der Waals surface area contributed by atoms with Crippen molar-refractivity contribution in [1.82, 2.24) is 4.90 Å². The van der Waals surface area contributed by atoms with Crippen LogP contribution in [-0.2, 0) is 4.74 Å². The van der Waals surface area contributed by atoms with Crippen LogP contribution in [0, 0.1) is 5.92 Å². The summed E-state index contributed by atoms with van der Waals surface area (Å²) in [5, 5.41) is 14.2. The van der Waals surface area contributed by atoms with Gasteiger partial charge >= 0.3 is 6.09 Å². The van der Waals surface area contributed by atoms with Gasteiger partial charge in [0, 0.05) is 12.6 Å². The topological polar surface area (TPSA) is 70.0 Å². The third-order valence-corrected chi connectivity index (χ3v) is 2.77. The second-order valence-electron chi connectivity index (χ2n) is 5.32. The van der Waals surface area contributed by atoms with Gasteiger partial charge in [-0.25, -0.2) is 4.79 Å². The monoisotopic (exact) mass is 247 g/mol. The molecule has 1 amide bonds. The van der Waals surface area contributed by atoms with E-state index in [1.807, 2.05) is 25.7 Å². The first kappa shape index (κ1) is 16.2. The molecule has 0 aromatic carbocycles. The van der Waals surface area contributed by atoms with Crippen LogP contribution in [-0.4, -0.2) is 46.2 Å². The molecule has 17 heavy (non-hydrogen) atoms. The molecule has 1 aliphatic rings. The zero-order valence-corrected chi connectivity index (χ0v) is 11.4. The molecule has 0 aliphatic carbocycles. The van der Waals surface area contributed by atoms with Crippen molar-refractivity contribution >= 4 is 6.09 Å². The molecular weight excluding hydrogens is 222 g/mol. The summed E-state index contributed by atoms with van der Waals surface area (Å²) in [6, 6.07) is 0.310. The van der Waals surface area contributed by atoms with Crippen LogP contribution >= 0.6 is 0 Å². The van der Waals surface area contributed by atoms with Crippen molar-refractivity contribution in [1.29, 1.82) is 0 Å². The van der Waals surface area contributed by atoms with Crippen LogP contribution < -0.4 is 0 Å². The van der Waals surface area contributed by atoms with Crippen LogP contribution in [0.15, 0.2) is 0 Å². The second kappa shape index (κ2) is 6.81. The number of nitrogens with zero attached hydrogens (tertiary/aromatic N) is 1. The smallest absolute Gasteiger partial charge is 0.410 e. The molecule has 2 atom stereocenters. The molecule has 1 fully saturated rings. The quantitative estimate of drug-likeness (QED) is 0.638. The van der Waals surface area contributed by atoms with Crippen LogP contribution in [0.5, 0.6) is 0 Å². The molecule has 0 bridgehead atoms. The number of hydrogen-bond acceptors (Lipinski definition) is 4. The minimum absolute atomic E-state index is 0.172. The Bertz CT molecular complexity index is 237. The fourth-order valence-electron chi connectivity index (χ4n) is 1.67. The number of likely N-dealkylation sites (tertiary alicyclic amines) is 1. The van der Waals surface area contributed by atoms with Crippen molar-refractivity contribution in [2.45, 2.75) is 52.7 Å². The molecule has 0 radical (unpaired) electrons. The molecule has 1 aliphatic heterocycles. The predicted molar refractivity (Wildman–Crippen MR) is 65.5 cm³/mol. The van der Waals surface area contributed by atoms with Crippen molar-refractivity contribution in [2.24, 2.45) is 5.92 Å². The maximum Gasteiger partial charge on any atom is 0.410 e. The highest BCUT2D eigenvalue weighted by Gasteiger charge is 2.33. The van der Waals surface area contributed by atoms with Crippen LogP contribution in [0.2, 0.25) is 0 Å². The molecule has 0 saturated carbocycles. The average molecular weight is 247 g/mol. The Labute approximate surface area is 103 Å². The van der Waals surface area contributed by atoms with Crippen LogP contribution in [0.3, 0.4) is 0 Å². The van der Waals surface area contributed by atoms with Crippen molar-refractivity contribution in [2.75, 3.05) is 13.3 Å². The van der Waals surface area contributed by atoms with E-state index in [1.54, 1.807) is 0 Å². The Balaban J connectivity index is 0.000000770. The molecule has 0 aromatic heterocycles. The molecule has 1 saturated heterocycles. The molecule has 102 valence electrons. The molecule has 2 N–H and O–H groups in total. The Morgan fingerprint density at radius 3 is 2.12 bits per heavy atom. The van der Waals surface area contributed by atoms with E-state index >= 15 is 0 Å². The van der Waals surface area contributed by atoms with E-state index in [1.165, 1.54) is 0 Å². The van der Waals surface area contributed by atoms with Gasteiger partial charge in [0.2, 0.25) is 0 Å². The van der Waals surface area contributed by atoms with Crippen molar-refractivity contribution in [3.63, 3.8) is 0 Å². The summed E-state index contributed by atoms with van der Waals surface area (Å²) in [5.41, 5.74) is -0.386. The Morgan fingerprint density at radius 2 is 1.82 bits per heavy atom. The molecule has 5 nitrogen and oxygen atoms in total. The van der Waals surface area contributed by atoms with Gasteiger partial charge in [0.25, 0.3) is 0 Å². The highest BCUT2D eigenvalue weighted by Crippen LogP contribution is 2.25. The standard InChI is InChI=1S/C11H21NO2.CH4O2/c1-8-6-7-12(9(8)2)10(13)14-11(3,4)5;2-1-3/h8-9H,6-7H2,1-5H3;2-3H,1H2/t8?,9-;/m1./s1. The fraction of sp³-hybridized carbons (Fsp3) is 0.917. The Hall–Kier alpha value is -0.810. The molecule has 0 aromatic rings. The summed E-state index contributed by atoms with van der Waals surface area (Å²) in [6.07, 6.45) is 0.912. The number of amides is 1. The minimum atomic E-state index is -0.750. The van der Waals surface area contributed by atoms with E-state index in [0.717, 1.165) is 13.0 Å². The maximum atomic E-state index is 11.7. The van der Waals surface area contributed by atoms with E-state index in [2.05, 4.69) is 13.8 Å². The lowest BCUT2D eigenvalue weighted by Crippen LogP contribution is -2.39. The van der Waals surface area contributed by atoms with E-state index in [0.29, 0.717) is 12.0 Å². The first-order valence-corrected chi connectivity index (χ1v) is 5.94. The molecule has 1 heterocycles. The zero-order valence-electron chi connectivity index (χ0n) is 11.4. The van der Waals surface area contributed by atoms with Crippen molar-refractivity contribution < 1.29 is 19.7 Å². The summed E-state index contributed by atoms with van der Waals surface area (Å²) in [6.45, 7) is 10.0. The summed E-state index contributed by atoms with van der Waals surface area (Å²) in [4.78, 5) is 13.5. The maximum absolute atomic E-state index is 11.7. The first-order valence-electron chi connectivity index (χ1n) is 5.94. The Kier molecular flexibility index (Phi) is 6.49. The molecule has 1 rings (SSSR count).